The van der Waals surface area contributed by atoms with E-state index < -0.39 is 12.5 Å². The molecular weight excluding hydrogens is 466 g/mol. The summed E-state index contributed by atoms with van der Waals surface area (Å²) < 4.78 is 20.6. The lowest BCUT2D eigenvalue weighted by atomic mass is 10.1. The molecule has 3 aromatic carbocycles. The Balaban J connectivity index is 1.53. The van der Waals surface area contributed by atoms with Crippen molar-refractivity contribution >= 4 is 11.9 Å². The second-order valence-corrected chi connectivity index (χ2v) is 8.69. The zero-order chi connectivity index (χ0) is 26.7. The van der Waals surface area contributed by atoms with Crippen molar-refractivity contribution in [2.45, 2.75) is 38.7 Å². The summed E-state index contributed by atoms with van der Waals surface area (Å²) in [7, 11) is 0. The molecule has 1 unspecified atom stereocenters. The molecule has 0 radical (unpaired) electrons. The van der Waals surface area contributed by atoms with E-state index in [9.17, 15) is 9.59 Å². The fourth-order valence-corrected chi connectivity index (χ4v) is 3.97. The lowest BCUT2D eigenvalue weighted by Gasteiger charge is -2.24. The van der Waals surface area contributed by atoms with E-state index in [1.54, 1.807) is 24.5 Å². The number of hydrogen-bond donors (Lipinski definition) is 1. The van der Waals surface area contributed by atoms with Gasteiger partial charge < -0.3 is 19.2 Å². The Morgan fingerprint density at radius 1 is 0.865 bits per heavy atom. The number of nitrogens with zero attached hydrogens (tertiary/aromatic N) is 1. The maximum atomic E-state index is 13.8. The summed E-state index contributed by atoms with van der Waals surface area (Å²) in [4.78, 5) is 26.0. The third-order valence-electron chi connectivity index (χ3n) is 5.90. The fraction of sp³-hybridized carbons (Fsp3) is 0.226. The molecule has 0 saturated carbocycles. The maximum absolute atomic E-state index is 13.8. The predicted molar refractivity (Wildman–Crippen MR) is 142 cm³/mol. The van der Waals surface area contributed by atoms with Crippen LogP contribution >= 0.6 is 0 Å². The van der Waals surface area contributed by atoms with E-state index in [-0.39, 0.29) is 18.9 Å². The number of hydrogen-bond acceptors (Lipinski definition) is 4. The van der Waals surface area contributed by atoms with E-state index >= 15 is 0 Å². The van der Waals surface area contributed by atoms with Crippen LogP contribution in [0.2, 0.25) is 0 Å². The number of aliphatic carboxylic acids is 1. The number of carboxylic acids is 1. The minimum Gasteiger partial charge on any atom is -0.493 e. The normalized spacial score (nSPS) is 11.9. The molecule has 1 heterocycles. The summed E-state index contributed by atoms with van der Waals surface area (Å²) in [6, 6.07) is 27.8. The van der Waals surface area contributed by atoms with Crippen LogP contribution in [0.4, 0.5) is 0 Å². The highest BCUT2D eigenvalue weighted by Gasteiger charge is 2.19. The Kier molecular flexibility index (Phi) is 8.64. The summed E-state index contributed by atoms with van der Waals surface area (Å²) in [5.41, 5.74) is 2.85. The molecule has 37 heavy (non-hydrogen) atoms. The van der Waals surface area contributed by atoms with Gasteiger partial charge in [0.2, 0.25) is 0 Å². The maximum Gasteiger partial charge on any atom is 0.303 e. The van der Waals surface area contributed by atoms with Crippen molar-refractivity contribution in [1.29, 1.82) is 0 Å². The molecule has 1 atom stereocenters. The minimum absolute atomic E-state index is 0.143. The number of ether oxygens (including phenoxy) is 1. The van der Waals surface area contributed by atoms with Gasteiger partial charge in [-0.05, 0) is 55.2 Å². The van der Waals surface area contributed by atoms with Crippen LogP contribution in [0.1, 0.15) is 48.5 Å². The van der Waals surface area contributed by atoms with Gasteiger partial charge in [-0.15, -0.1) is 0 Å². The van der Waals surface area contributed by atoms with Gasteiger partial charge in [0.15, 0.2) is 0 Å². The number of furan rings is 1. The largest absolute Gasteiger partial charge is 0.493 e. The van der Waals surface area contributed by atoms with Crippen LogP contribution in [-0.2, 0) is 17.9 Å². The molecule has 190 valence electrons. The van der Waals surface area contributed by atoms with E-state index in [0.29, 0.717) is 36.3 Å². The molecule has 4 rings (SSSR count). The first-order chi connectivity index (χ1) is 18.5. The van der Waals surface area contributed by atoms with E-state index in [1.165, 1.54) is 4.90 Å². The smallest absolute Gasteiger partial charge is 0.303 e. The molecular formula is C31H31NO5. The Morgan fingerprint density at radius 3 is 2.35 bits per heavy atom. The fourth-order valence-electron chi connectivity index (χ4n) is 3.97. The molecule has 0 aliphatic carbocycles. The van der Waals surface area contributed by atoms with Crippen LogP contribution in [0.25, 0.3) is 11.3 Å². The monoisotopic (exact) mass is 498 g/mol. The highest BCUT2D eigenvalue weighted by atomic mass is 16.5. The SMILES string of the molecule is [2H]C(c1ccccc1OCCCCCC(=O)O)N(Cc1ccccc1)C(=O)c1ccc(-c2ccco2)cc1. The van der Waals surface area contributed by atoms with Gasteiger partial charge in [0, 0.05) is 36.2 Å². The lowest BCUT2D eigenvalue weighted by Crippen LogP contribution is -2.30. The summed E-state index contributed by atoms with van der Waals surface area (Å²) in [5.74, 6) is 0.206. The van der Waals surface area contributed by atoms with Gasteiger partial charge in [-0.3, -0.25) is 9.59 Å². The topological polar surface area (TPSA) is 80.0 Å². The van der Waals surface area contributed by atoms with Crippen molar-refractivity contribution in [1.82, 2.24) is 4.90 Å². The molecule has 0 spiro atoms. The Morgan fingerprint density at radius 2 is 1.62 bits per heavy atom. The first-order valence-corrected chi connectivity index (χ1v) is 12.4. The molecule has 0 aliphatic rings. The molecule has 4 aromatic rings. The number of benzene rings is 3. The predicted octanol–water partition coefficient (Wildman–Crippen LogP) is 6.81. The summed E-state index contributed by atoms with van der Waals surface area (Å²) in [6.07, 6.45) is 3.80. The Labute approximate surface area is 218 Å². The van der Waals surface area contributed by atoms with E-state index in [2.05, 4.69) is 0 Å². The molecule has 1 amide bonds. The van der Waals surface area contributed by atoms with Crippen molar-refractivity contribution in [3.8, 4) is 17.1 Å². The van der Waals surface area contributed by atoms with Crippen molar-refractivity contribution < 1.29 is 25.2 Å². The number of rotatable bonds is 13. The third kappa shape index (κ3) is 7.58. The van der Waals surface area contributed by atoms with E-state index in [4.69, 9.17) is 15.6 Å². The highest BCUT2D eigenvalue weighted by Crippen LogP contribution is 2.24. The number of carboxylic acid groups (broad SMARTS) is 1. The van der Waals surface area contributed by atoms with Gasteiger partial charge in [0.1, 0.15) is 11.5 Å². The summed E-state index contributed by atoms with van der Waals surface area (Å²) in [5, 5.41) is 8.80. The van der Waals surface area contributed by atoms with Gasteiger partial charge in [-0.25, -0.2) is 0 Å². The lowest BCUT2D eigenvalue weighted by molar-refractivity contribution is -0.137. The van der Waals surface area contributed by atoms with Gasteiger partial charge in [-0.2, -0.15) is 0 Å². The standard InChI is InChI=1S/C31H31NO5/c33-30(34)15-5-2-8-20-36-29-13-7-6-12-27(29)23-32(22-24-10-3-1-4-11-24)31(35)26-18-16-25(17-19-26)28-14-9-21-37-28/h1,3-4,6-7,9-14,16-19,21H,2,5,8,15,20,22-23H2,(H,33,34)/i23D. The quantitative estimate of drug-likeness (QED) is 0.205. The zero-order valence-electron chi connectivity index (χ0n) is 21.6. The van der Waals surface area contributed by atoms with Crippen molar-refractivity contribution in [2.24, 2.45) is 0 Å². The number of amides is 1. The van der Waals surface area contributed by atoms with Crippen molar-refractivity contribution in [3.63, 3.8) is 0 Å². The molecule has 6 heteroatoms. The highest BCUT2D eigenvalue weighted by molar-refractivity contribution is 5.94. The molecule has 1 N–H and O–H groups in total. The Bertz CT molecular complexity index is 1310. The van der Waals surface area contributed by atoms with Gasteiger partial charge in [0.25, 0.3) is 5.91 Å². The second kappa shape index (κ2) is 13.1. The number of para-hydroxylation sites is 1. The number of carbonyl (C=O) groups is 2. The Hall–Kier alpha value is -4.32. The zero-order valence-corrected chi connectivity index (χ0v) is 20.6. The van der Waals surface area contributed by atoms with Gasteiger partial charge >= 0.3 is 5.97 Å². The summed E-state index contributed by atoms with van der Waals surface area (Å²) >= 11 is 0. The molecule has 0 fully saturated rings. The first-order valence-electron chi connectivity index (χ1n) is 13.0. The molecule has 0 saturated heterocycles. The van der Waals surface area contributed by atoms with Crippen LogP contribution in [0, 0.1) is 0 Å². The third-order valence-corrected chi connectivity index (χ3v) is 5.90. The number of unbranched alkanes of at least 4 members (excludes halogenated alkanes) is 2. The van der Waals surface area contributed by atoms with E-state index in [1.807, 2.05) is 72.8 Å². The molecule has 0 aliphatic heterocycles. The molecule has 1 aromatic heterocycles. The van der Waals surface area contributed by atoms with E-state index in [0.717, 1.165) is 23.3 Å². The van der Waals surface area contributed by atoms with Crippen LogP contribution in [-0.4, -0.2) is 28.5 Å². The minimum atomic E-state index is -1.00. The number of carbonyl (C=O) groups excluding carboxylic acids is 1. The molecule has 6 nitrogen and oxygen atoms in total. The summed E-state index contributed by atoms with van der Waals surface area (Å²) in [6.45, 7) is -0.336. The molecule has 0 bridgehead atoms. The van der Waals surface area contributed by atoms with Crippen LogP contribution in [0.15, 0.2) is 102 Å². The van der Waals surface area contributed by atoms with Crippen molar-refractivity contribution in [3.05, 3.63) is 114 Å². The van der Waals surface area contributed by atoms with Crippen molar-refractivity contribution in [2.75, 3.05) is 6.61 Å². The van der Waals surface area contributed by atoms with Crippen LogP contribution in [0.3, 0.4) is 0 Å². The average molecular weight is 499 g/mol. The first kappa shape index (κ1) is 24.4. The second-order valence-electron chi connectivity index (χ2n) is 8.69. The van der Waals surface area contributed by atoms with Crippen LogP contribution in [0.5, 0.6) is 5.75 Å². The average Bonchev–Trinajstić information content (AvgIpc) is 3.49. The van der Waals surface area contributed by atoms with Crippen LogP contribution < -0.4 is 4.74 Å². The van der Waals surface area contributed by atoms with Gasteiger partial charge in [-0.1, -0.05) is 60.7 Å². The van der Waals surface area contributed by atoms with Gasteiger partial charge in [0.05, 0.1) is 14.2 Å².